The van der Waals surface area contributed by atoms with Gasteiger partial charge in [-0.15, -0.1) is 0 Å². The molecule has 0 unspecified atom stereocenters. The summed E-state index contributed by atoms with van der Waals surface area (Å²) in [5.74, 6) is 1.40. The van der Waals surface area contributed by atoms with Crippen molar-refractivity contribution in [1.29, 1.82) is 0 Å². The Morgan fingerprint density at radius 3 is 2.64 bits per heavy atom. The molecule has 0 bridgehead atoms. The van der Waals surface area contributed by atoms with Gasteiger partial charge in [-0.1, -0.05) is 11.6 Å². The fourth-order valence-electron chi connectivity index (χ4n) is 3.06. The third-order valence-corrected chi connectivity index (χ3v) is 4.78. The van der Waals surface area contributed by atoms with Gasteiger partial charge >= 0.3 is 0 Å². The largest absolute Gasteiger partial charge is 0.484 e. The highest BCUT2D eigenvalue weighted by atomic mass is 35.5. The van der Waals surface area contributed by atoms with Crippen molar-refractivity contribution >= 4 is 17.5 Å². The molecule has 0 atom stereocenters. The molecule has 2 heterocycles. The molecule has 0 N–H and O–H groups in total. The zero-order chi connectivity index (χ0) is 17.6. The van der Waals surface area contributed by atoms with Gasteiger partial charge in [0.05, 0.1) is 12.8 Å². The first-order chi connectivity index (χ1) is 12.1. The van der Waals surface area contributed by atoms with Gasteiger partial charge in [0.25, 0.3) is 5.91 Å². The molecule has 5 nitrogen and oxygen atoms in total. The Labute approximate surface area is 153 Å². The highest BCUT2D eigenvalue weighted by Gasteiger charge is 2.28. The Hall–Kier alpha value is -1.98. The van der Waals surface area contributed by atoms with Gasteiger partial charge in [0.2, 0.25) is 0 Å². The Bertz CT molecular complexity index is 664. The predicted octanol–water partition coefficient (Wildman–Crippen LogP) is 3.43. The number of halogens is 1. The van der Waals surface area contributed by atoms with Crippen molar-refractivity contribution in [3.8, 4) is 5.75 Å². The number of likely N-dealkylation sites (tertiary alicyclic amines) is 1. The molecule has 1 aromatic carbocycles. The van der Waals surface area contributed by atoms with Crippen LogP contribution in [-0.4, -0.2) is 48.5 Å². The number of carbonyl (C=O) groups excluding carboxylic acids is 1. The lowest BCUT2D eigenvalue weighted by atomic mass is 10.0. The van der Waals surface area contributed by atoms with Crippen molar-refractivity contribution in [1.82, 2.24) is 9.80 Å². The van der Waals surface area contributed by atoms with Crippen LogP contribution in [0.25, 0.3) is 0 Å². The number of ether oxygens (including phenoxy) is 1. The van der Waals surface area contributed by atoms with Gasteiger partial charge in [-0.2, -0.15) is 0 Å². The molecule has 1 aliphatic rings. The molecular formula is C19H23ClN2O3. The standard InChI is InChI=1S/C19H23ClN2O3/c1-21-10-8-16(9-11-21)22(13-18-3-2-12-24-18)19(23)14-25-17-6-4-15(20)5-7-17/h2-7,12,16H,8-11,13-14H2,1H3. The summed E-state index contributed by atoms with van der Waals surface area (Å²) in [7, 11) is 2.11. The van der Waals surface area contributed by atoms with Gasteiger partial charge < -0.3 is 19.0 Å². The summed E-state index contributed by atoms with van der Waals surface area (Å²) >= 11 is 5.87. The second kappa shape index (κ2) is 8.41. The van der Waals surface area contributed by atoms with E-state index in [1.54, 1.807) is 30.5 Å². The smallest absolute Gasteiger partial charge is 0.261 e. The first-order valence-electron chi connectivity index (χ1n) is 8.50. The second-order valence-corrected chi connectivity index (χ2v) is 6.81. The van der Waals surface area contributed by atoms with Crippen LogP contribution in [0.15, 0.2) is 47.1 Å². The van der Waals surface area contributed by atoms with Gasteiger partial charge in [0, 0.05) is 11.1 Å². The number of carbonyl (C=O) groups is 1. The molecule has 0 radical (unpaired) electrons. The molecule has 0 aliphatic carbocycles. The summed E-state index contributed by atoms with van der Waals surface area (Å²) in [4.78, 5) is 17.0. The summed E-state index contributed by atoms with van der Waals surface area (Å²) in [5.41, 5.74) is 0. The minimum Gasteiger partial charge on any atom is -0.484 e. The van der Waals surface area contributed by atoms with Crippen LogP contribution >= 0.6 is 11.6 Å². The van der Waals surface area contributed by atoms with Crippen molar-refractivity contribution in [2.45, 2.75) is 25.4 Å². The monoisotopic (exact) mass is 362 g/mol. The average molecular weight is 363 g/mol. The van der Waals surface area contributed by atoms with Crippen LogP contribution in [-0.2, 0) is 11.3 Å². The maximum atomic E-state index is 12.8. The van der Waals surface area contributed by atoms with E-state index < -0.39 is 0 Å². The minimum absolute atomic E-state index is 0.00861. The van der Waals surface area contributed by atoms with Crippen LogP contribution in [0.2, 0.25) is 5.02 Å². The third kappa shape index (κ3) is 5.00. The van der Waals surface area contributed by atoms with E-state index in [0.29, 0.717) is 17.3 Å². The molecule has 3 rings (SSSR count). The maximum Gasteiger partial charge on any atom is 0.261 e. The average Bonchev–Trinajstić information content (AvgIpc) is 3.13. The maximum absolute atomic E-state index is 12.8. The van der Waals surface area contributed by atoms with Crippen LogP contribution in [0, 0.1) is 0 Å². The third-order valence-electron chi connectivity index (χ3n) is 4.53. The van der Waals surface area contributed by atoms with Gasteiger partial charge in [-0.05, 0) is 69.4 Å². The first kappa shape index (κ1) is 17.8. The topological polar surface area (TPSA) is 45.9 Å². The molecular weight excluding hydrogens is 340 g/mol. The van der Waals surface area contributed by atoms with Crippen LogP contribution in [0.5, 0.6) is 5.75 Å². The number of furan rings is 1. The number of piperidine rings is 1. The van der Waals surface area contributed by atoms with Crippen molar-refractivity contribution < 1.29 is 13.9 Å². The second-order valence-electron chi connectivity index (χ2n) is 6.38. The minimum atomic E-state index is -0.0269. The Morgan fingerprint density at radius 1 is 1.28 bits per heavy atom. The van der Waals surface area contributed by atoms with Crippen LogP contribution in [0.4, 0.5) is 0 Å². The van der Waals surface area contributed by atoms with Crippen LogP contribution in [0.3, 0.4) is 0 Å². The van der Waals surface area contributed by atoms with Gasteiger partial charge in [0.15, 0.2) is 6.61 Å². The molecule has 134 valence electrons. The number of nitrogens with zero attached hydrogens (tertiary/aromatic N) is 2. The van der Waals surface area contributed by atoms with E-state index in [1.807, 2.05) is 17.0 Å². The number of amides is 1. The molecule has 1 aliphatic heterocycles. The van der Waals surface area contributed by atoms with Crippen molar-refractivity contribution in [3.05, 3.63) is 53.4 Å². The fourth-order valence-corrected chi connectivity index (χ4v) is 3.18. The predicted molar refractivity (Wildman–Crippen MR) is 96.7 cm³/mol. The Balaban J connectivity index is 1.64. The summed E-state index contributed by atoms with van der Waals surface area (Å²) < 4.78 is 11.1. The van der Waals surface area contributed by atoms with Gasteiger partial charge in [0.1, 0.15) is 11.5 Å². The lowest BCUT2D eigenvalue weighted by Gasteiger charge is -2.37. The van der Waals surface area contributed by atoms with Crippen molar-refractivity contribution in [2.75, 3.05) is 26.7 Å². The molecule has 1 saturated heterocycles. The fraction of sp³-hybridized carbons (Fsp3) is 0.421. The summed E-state index contributed by atoms with van der Waals surface area (Å²) in [6.45, 7) is 2.47. The number of hydrogen-bond acceptors (Lipinski definition) is 4. The normalized spacial score (nSPS) is 15.9. The quantitative estimate of drug-likeness (QED) is 0.789. The molecule has 1 aromatic heterocycles. The molecule has 2 aromatic rings. The highest BCUT2D eigenvalue weighted by Crippen LogP contribution is 2.20. The van der Waals surface area contributed by atoms with Gasteiger partial charge in [-0.25, -0.2) is 0 Å². The summed E-state index contributed by atoms with van der Waals surface area (Å²) in [6, 6.07) is 11.0. The number of benzene rings is 1. The van der Waals surface area contributed by atoms with E-state index in [9.17, 15) is 4.79 Å². The molecule has 1 amide bonds. The van der Waals surface area contributed by atoms with Crippen molar-refractivity contribution in [2.24, 2.45) is 0 Å². The summed E-state index contributed by atoms with van der Waals surface area (Å²) in [5, 5.41) is 0.643. The van der Waals surface area contributed by atoms with E-state index in [1.165, 1.54) is 0 Å². The first-order valence-corrected chi connectivity index (χ1v) is 8.88. The van der Waals surface area contributed by atoms with E-state index in [0.717, 1.165) is 31.7 Å². The zero-order valence-electron chi connectivity index (χ0n) is 14.4. The number of hydrogen-bond donors (Lipinski definition) is 0. The lowest BCUT2D eigenvalue weighted by Crippen LogP contribution is -2.47. The van der Waals surface area contributed by atoms with Crippen LogP contribution < -0.4 is 4.74 Å². The van der Waals surface area contributed by atoms with E-state index in [4.69, 9.17) is 20.8 Å². The SMILES string of the molecule is CN1CCC(N(Cc2ccco2)C(=O)COc2ccc(Cl)cc2)CC1. The van der Waals surface area contributed by atoms with E-state index >= 15 is 0 Å². The van der Waals surface area contributed by atoms with E-state index in [2.05, 4.69) is 11.9 Å². The molecule has 0 saturated carbocycles. The number of rotatable bonds is 6. The highest BCUT2D eigenvalue weighted by molar-refractivity contribution is 6.30. The summed E-state index contributed by atoms with van der Waals surface area (Å²) in [6.07, 6.45) is 3.56. The molecule has 0 spiro atoms. The zero-order valence-corrected chi connectivity index (χ0v) is 15.1. The van der Waals surface area contributed by atoms with Crippen LogP contribution in [0.1, 0.15) is 18.6 Å². The lowest BCUT2D eigenvalue weighted by molar-refractivity contribution is -0.137. The molecule has 6 heteroatoms. The van der Waals surface area contributed by atoms with E-state index in [-0.39, 0.29) is 18.6 Å². The van der Waals surface area contributed by atoms with Gasteiger partial charge in [-0.3, -0.25) is 4.79 Å². The van der Waals surface area contributed by atoms with Crippen molar-refractivity contribution in [3.63, 3.8) is 0 Å². The Kier molecular flexibility index (Phi) is 6.00. The molecule has 25 heavy (non-hydrogen) atoms. The molecule has 1 fully saturated rings. The Morgan fingerprint density at radius 2 is 2.00 bits per heavy atom.